The molecule has 10 heteroatoms. The lowest BCUT2D eigenvalue weighted by Gasteiger charge is -2.24. The molecule has 0 aliphatic carbocycles. The molecule has 4 rings (SSSR count). The summed E-state index contributed by atoms with van der Waals surface area (Å²) in [7, 11) is -4.72. The number of para-hydroxylation sites is 1. The Balaban J connectivity index is 1.62. The summed E-state index contributed by atoms with van der Waals surface area (Å²) in [6, 6.07) is 18.8. The fraction of sp³-hybridized carbons (Fsp3) is 0.208. The van der Waals surface area contributed by atoms with E-state index in [4.69, 9.17) is 0 Å². The molecule has 0 saturated carbocycles. The first-order valence-electron chi connectivity index (χ1n) is 10.6. The van der Waals surface area contributed by atoms with Crippen molar-refractivity contribution < 1.29 is 21.6 Å². The van der Waals surface area contributed by atoms with E-state index >= 15 is 0 Å². The fourth-order valence-electron chi connectivity index (χ4n) is 3.96. The summed E-state index contributed by atoms with van der Waals surface area (Å²) in [5.41, 5.74) is 2.02. The molecule has 178 valence electrons. The number of nitrogens with zero attached hydrogens (tertiary/aromatic N) is 2. The number of hydrogen-bond acceptors (Lipinski definition) is 5. The molecule has 1 amide bonds. The number of nitrogens with one attached hydrogen (secondary N) is 1. The van der Waals surface area contributed by atoms with Crippen molar-refractivity contribution in [2.24, 2.45) is 0 Å². The smallest absolute Gasteiger partial charge is 0.264 e. The Kier molecular flexibility index (Phi) is 6.24. The zero-order valence-electron chi connectivity index (χ0n) is 19.0. The first kappa shape index (κ1) is 23.9. The van der Waals surface area contributed by atoms with Gasteiger partial charge in [0.25, 0.3) is 15.9 Å². The third kappa shape index (κ3) is 4.31. The predicted octanol–water partition coefficient (Wildman–Crippen LogP) is 3.33. The van der Waals surface area contributed by atoms with Crippen LogP contribution in [0.2, 0.25) is 0 Å². The number of hydrogen-bond donors (Lipinski definition) is 1. The minimum Gasteiger partial charge on any atom is -0.322 e. The Hall–Kier alpha value is -3.21. The monoisotopic (exact) mass is 499 g/mol. The van der Waals surface area contributed by atoms with Crippen molar-refractivity contribution in [3.05, 3.63) is 83.9 Å². The Bertz CT molecular complexity index is 1470. The molecule has 1 aliphatic heterocycles. The van der Waals surface area contributed by atoms with E-state index in [0.717, 1.165) is 9.87 Å². The molecule has 1 aliphatic rings. The molecular weight excluding hydrogens is 474 g/mol. The van der Waals surface area contributed by atoms with E-state index < -0.39 is 26.0 Å². The van der Waals surface area contributed by atoms with Gasteiger partial charge in [-0.15, -0.1) is 0 Å². The number of amides is 1. The lowest BCUT2D eigenvalue weighted by molar-refractivity contribution is 0.102. The van der Waals surface area contributed by atoms with Crippen molar-refractivity contribution in [1.82, 2.24) is 4.31 Å². The van der Waals surface area contributed by atoms with Crippen LogP contribution >= 0.6 is 0 Å². The second kappa shape index (κ2) is 8.86. The lowest BCUT2D eigenvalue weighted by Crippen LogP contribution is -2.35. The topological polar surface area (TPSA) is 104 Å². The maximum absolute atomic E-state index is 13.5. The first-order valence-corrected chi connectivity index (χ1v) is 13.5. The van der Waals surface area contributed by atoms with E-state index in [0.29, 0.717) is 12.1 Å². The highest BCUT2D eigenvalue weighted by Crippen LogP contribution is 2.36. The average molecular weight is 500 g/mol. The number of rotatable bonds is 6. The van der Waals surface area contributed by atoms with Crippen LogP contribution in [0.15, 0.2) is 82.6 Å². The van der Waals surface area contributed by atoms with E-state index in [1.165, 1.54) is 60.9 Å². The van der Waals surface area contributed by atoms with Gasteiger partial charge in [0.05, 0.1) is 15.5 Å². The minimum atomic E-state index is -3.90. The third-order valence-electron chi connectivity index (χ3n) is 5.67. The second-order valence-corrected chi connectivity index (χ2v) is 12.2. The van der Waals surface area contributed by atoms with Crippen molar-refractivity contribution in [3.8, 4) is 0 Å². The molecule has 1 heterocycles. The van der Waals surface area contributed by atoms with Crippen molar-refractivity contribution in [2.45, 2.75) is 29.2 Å². The molecule has 1 N–H and O–H groups in total. The van der Waals surface area contributed by atoms with E-state index in [1.54, 1.807) is 18.2 Å². The average Bonchev–Trinajstić information content (AvgIpc) is 3.15. The molecule has 0 spiro atoms. The molecule has 0 bridgehead atoms. The molecule has 0 aromatic heterocycles. The lowest BCUT2D eigenvalue weighted by atomic mass is 10.1. The van der Waals surface area contributed by atoms with Crippen LogP contribution in [-0.4, -0.2) is 47.2 Å². The van der Waals surface area contributed by atoms with Gasteiger partial charge in [-0.2, -0.15) is 0 Å². The zero-order chi connectivity index (χ0) is 24.7. The van der Waals surface area contributed by atoms with Gasteiger partial charge < -0.3 is 5.32 Å². The predicted molar refractivity (Wildman–Crippen MR) is 131 cm³/mol. The maximum atomic E-state index is 13.5. The largest absolute Gasteiger partial charge is 0.322 e. The minimum absolute atomic E-state index is 0.00707. The molecular formula is C24H25N3O5S2. The molecule has 1 unspecified atom stereocenters. The molecule has 1 atom stereocenters. The first-order chi connectivity index (χ1) is 16.0. The maximum Gasteiger partial charge on any atom is 0.264 e. The summed E-state index contributed by atoms with van der Waals surface area (Å²) in [5, 5.41) is 2.65. The Morgan fingerprint density at radius 3 is 2.32 bits per heavy atom. The van der Waals surface area contributed by atoms with Gasteiger partial charge >= 0.3 is 0 Å². The fourth-order valence-corrected chi connectivity index (χ4v) is 6.65. The molecule has 0 fully saturated rings. The number of sulfonamides is 2. The Morgan fingerprint density at radius 1 is 0.912 bits per heavy atom. The SMILES string of the molecule is CC1Cc2ccccc2N1S(=O)(=O)c1cccc(C(=O)Nc2cccc(S(=O)(=O)N(C)C)c2)c1. The number of benzene rings is 3. The van der Waals surface area contributed by atoms with Gasteiger partial charge in [0, 0.05) is 31.4 Å². The van der Waals surface area contributed by atoms with Crippen LogP contribution in [0.5, 0.6) is 0 Å². The van der Waals surface area contributed by atoms with Crippen LogP contribution in [0.4, 0.5) is 11.4 Å². The van der Waals surface area contributed by atoms with E-state index in [1.807, 2.05) is 19.1 Å². The highest BCUT2D eigenvalue weighted by atomic mass is 32.2. The summed E-state index contributed by atoms with van der Waals surface area (Å²) >= 11 is 0. The van der Waals surface area contributed by atoms with Gasteiger partial charge in [-0.25, -0.2) is 21.1 Å². The van der Waals surface area contributed by atoms with E-state index in [-0.39, 0.29) is 27.1 Å². The van der Waals surface area contributed by atoms with Gasteiger partial charge in [0.2, 0.25) is 10.0 Å². The molecule has 3 aromatic rings. The number of anilines is 2. The summed E-state index contributed by atoms with van der Waals surface area (Å²) in [6.45, 7) is 1.85. The van der Waals surface area contributed by atoms with Crippen molar-refractivity contribution in [1.29, 1.82) is 0 Å². The van der Waals surface area contributed by atoms with Crippen LogP contribution in [0.1, 0.15) is 22.8 Å². The summed E-state index contributed by atoms with van der Waals surface area (Å²) in [4.78, 5) is 12.9. The van der Waals surface area contributed by atoms with Crippen LogP contribution in [-0.2, 0) is 26.5 Å². The number of fused-ring (bicyclic) bond motifs is 1. The molecule has 34 heavy (non-hydrogen) atoms. The van der Waals surface area contributed by atoms with E-state index in [2.05, 4.69) is 5.32 Å². The Labute approximate surface area is 199 Å². The molecule has 3 aromatic carbocycles. The third-order valence-corrected chi connectivity index (χ3v) is 9.40. The van der Waals surface area contributed by atoms with Crippen LogP contribution in [0, 0.1) is 0 Å². The van der Waals surface area contributed by atoms with Crippen LogP contribution < -0.4 is 9.62 Å². The van der Waals surface area contributed by atoms with Gasteiger partial charge in [0.1, 0.15) is 0 Å². The standard InChI is InChI=1S/C24H25N3O5S2/c1-17-14-18-8-4-5-13-23(18)27(17)34(31,32)21-11-6-9-19(15-21)24(28)25-20-10-7-12-22(16-20)33(29,30)26(2)3/h4-13,15-17H,14H2,1-3H3,(H,25,28). The van der Waals surface area contributed by atoms with Gasteiger partial charge in [-0.3, -0.25) is 9.10 Å². The van der Waals surface area contributed by atoms with Crippen molar-refractivity contribution >= 4 is 37.3 Å². The Morgan fingerprint density at radius 2 is 1.59 bits per heavy atom. The van der Waals surface area contributed by atoms with Crippen molar-refractivity contribution in [2.75, 3.05) is 23.7 Å². The highest BCUT2D eigenvalue weighted by molar-refractivity contribution is 7.93. The molecule has 8 nitrogen and oxygen atoms in total. The number of carbonyl (C=O) groups is 1. The summed E-state index contributed by atoms with van der Waals surface area (Å²) in [5.74, 6) is -0.550. The van der Waals surface area contributed by atoms with Gasteiger partial charge in [-0.1, -0.05) is 30.3 Å². The summed E-state index contributed by atoms with van der Waals surface area (Å²) in [6.07, 6.45) is 0.613. The van der Waals surface area contributed by atoms with Crippen molar-refractivity contribution in [3.63, 3.8) is 0 Å². The van der Waals surface area contributed by atoms with Crippen LogP contribution in [0.3, 0.4) is 0 Å². The second-order valence-electron chi connectivity index (χ2n) is 8.28. The van der Waals surface area contributed by atoms with Gasteiger partial charge in [0.15, 0.2) is 0 Å². The van der Waals surface area contributed by atoms with E-state index in [9.17, 15) is 21.6 Å². The normalized spacial score (nSPS) is 15.9. The summed E-state index contributed by atoms with van der Waals surface area (Å²) < 4.78 is 54.2. The van der Waals surface area contributed by atoms with Gasteiger partial charge in [-0.05, 0) is 61.4 Å². The number of carbonyl (C=O) groups excluding carboxylic acids is 1. The molecule has 0 saturated heterocycles. The van der Waals surface area contributed by atoms with Crippen LogP contribution in [0.25, 0.3) is 0 Å². The molecule has 0 radical (unpaired) electrons. The highest BCUT2D eigenvalue weighted by Gasteiger charge is 2.36. The zero-order valence-corrected chi connectivity index (χ0v) is 20.6. The quantitative estimate of drug-likeness (QED) is 0.560.